The van der Waals surface area contributed by atoms with Crippen molar-refractivity contribution in [3.8, 4) is 0 Å². The van der Waals surface area contributed by atoms with Crippen LogP contribution in [-0.2, 0) is 9.53 Å². The lowest BCUT2D eigenvalue weighted by atomic mass is 10.3. The maximum absolute atomic E-state index is 11.2. The van der Waals surface area contributed by atoms with Crippen LogP contribution in [0.25, 0.3) is 0 Å². The second-order valence-corrected chi connectivity index (χ2v) is 4.97. The molecule has 0 aliphatic carbocycles. The normalized spacial score (nSPS) is 31.8. The Morgan fingerprint density at radius 1 is 1.75 bits per heavy atom. The standard InChI is InChI=1S/C9H16O2S/c1-4-7(3)12-8-5-6(2)11-9(8)10/h6-8H,4-5H2,1-3H3. The second-order valence-electron chi connectivity index (χ2n) is 3.33. The fourth-order valence-electron chi connectivity index (χ4n) is 1.21. The predicted molar refractivity (Wildman–Crippen MR) is 51.3 cm³/mol. The molecule has 1 rings (SSSR count). The first-order chi connectivity index (χ1) is 5.63. The molecule has 2 nitrogen and oxygen atoms in total. The van der Waals surface area contributed by atoms with Crippen LogP contribution in [0.5, 0.6) is 0 Å². The molecule has 1 heterocycles. The molecule has 0 radical (unpaired) electrons. The minimum atomic E-state index is -0.0206. The van der Waals surface area contributed by atoms with E-state index in [4.69, 9.17) is 4.74 Å². The molecule has 0 amide bonds. The van der Waals surface area contributed by atoms with Crippen LogP contribution in [0, 0.1) is 0 Å². The van der Waals surface area contributed by atoms with Crippen LogP contribution in [0.4, 0.5) is 0 Å². The number of cyclic esters (lactones) is 1. The Labute approximate surface area is 78.1 Å². The molecule has 0 aromatic carbocycles. The van der Waals surface area contributed by atoms with Gasteiger partial charge in [-0.15, -0.1) is 11.8 Å². The Bertz CT molecular complexity index is 170. The fourth-order valence-corrected chi connectivity index (χ4v) is 2.51. The molecule has 0 aromatic rings. The van der Waals surface area contributed by atoms with E-state index >= 15 is 0 Å². The average molecular weight is 188 g/mol. The molecule has 0 saturated carbocycles. The number of carbonyl (C=O) groups excluding carboxylic acids is 1. The van der Waals surface area contributed by atoms with Crippen LogP contribution in [0.2, 0.25) is 0 Å². The molecule has 0 bridgehead atoms. The van der Waals surface area contributed by atoms with E-state index in [2.05, 4.69) is 13.8 Å². The molecule has 3 atom stereocenters. The van der Waals surface area contributed by atoms with Crippen LogP contribution < -0.4 is 0 Å². The minimum absolute atomic E-state index is 0.0206. The number of hydrogen-bond donors (Lipinski definition) is 0. The van der Waals surface area contributed by atoms with Gasteiger partial charge in [-0.2, -0.15) is 0 Å². The lowest BCUT2D eigenvalue weighted by Gasteiger charge is -2.10. The van der Waals surface area contributed by atoms with Gasteiger partial charge in [-0.25, -0.2) is 0 Å². The van der Waals surface area contributed by atoms with E-state index in [-0.39, 0.29) is 17.3 Å². The summed E-state index contributed by atoms with van der Waals surface area (Å²) in [7, 11) is 0. The third-order valence-corrected chi connectivity index (χ3v) is 3.61. The molecule has 70 valence electrons. The van der Waals surface area contributed by atoms with E-state index in [0.29, 0.717) is 5.25 Å². The average Bonchev–Trinajstić information content (AvgIpc) is 2.30. The zero-order chi connectivity index (χ0) is 9.14. The van der Waals surface area contributed by atoms with Gasteiger partial charge in [0.1, 0.15) is 11.4 Å². The smallest absolute Gasteiger partial charge is 0.319 e. The first-order valence-electron chi connectivity index (χ1n) is 4.49. The van der Waals surface area contributed by atoms with Gasteiger partial charge in [0.2, 0.25) is 0 Å². The van der Waals surface area contributed by atoms with Crippen LogP contribution >= 0.6 is 11.8 Å². The van der Waals surface area contributed by atoms with Crippen LogP contribution in [0.3, 0.4) is 0 Å². The third-order valence-electron chi connectivity index (χ3n) is 2.10. The van der Waals surface area contributed by atoms with Gasteiger partial charge in [-0.1, -0.05) is 13.8 Å². The van der Waals surface area contributed by atoms with Crippen molar-refractivity contribution in [1.82, 2.24) is 0 Å². The van der Waals surface area contributed by atoms with Crippen molar-refractivity contribution in [2.45, 2.75) is 50.2 Å². The zero-order valence-corrected chi connectivity index (χ0v) is 8.69. The molecule has 3 unspecified atom stereocenters. The van der Waals surface area contributed by atoms with Crippen molar-refractivity contribution >= 4 is 17.7 Å². The highest BCUT2D eigenvalue weighted by Crippen LogP contribution is 2.30. The van der Waals surface area contributed by atoms with Crippen LogP contribution in [0.1, 0.15) is 33.6 Å². The molecular formula is C9H16O2S. The number of esters is 1. The molecule has 1 aliphatic rings. The second kappa shape index (κ2) is 4.17. The first kappa shape index (κ1) is 9.90. The van der Waals surface area contributed by atoms with Gasteiger partial charge in [0.25, 0.3) is 0 Å². The van der Waals surface area contributed by atoms with E-state index in [0.717, 1.165) is 12.8 Å². The molecule has 1 aliphatic heterocycles. The lowest BCUT2D eigenvalue weighted by molar-refractivity contribution is -0.140. The highest BCUT2D eigenvalue weighted by Gasteiger charge is 2.32. The fraction of sp³-hybridized carbons (Fsp3) is 0.889. The minimum Gasteiger partial charge on any atom is -0.462 e. The number of ether oxygens (including phenoxy) is 1. The summed E-state index contributed by atoms with van der Waals surface area (Å²) in [5, 5.41) is 0.655. The van der Waals surface area contributed by atoms with Crippen molar-refractivity contribution in [2.24, 2.45) is 0 Å². The Hall–Kier alpha value is -0.180. The maximum Gasteiger partial charge on any atom is 0.319 e. The summed E-state index contributed by atoms with van der Waals surface area (Å²) in [6, 6.07) is 0. The summed E-state index contributed by atoms with van der Waals surface area (Å²) in [4.78, 5) is 11.2. The van der Waals surface area contributed by atoms with Crippen molar-refractivity contribution in [1.29, 1.82) is 0 Å². The van der Waals surface area contributed by atoms with Gasteiger partial charge < -0.3 is 4.74 Å². The van der Waals surface area contributed by atoms with Crippen LogP contribution in [0.15, 0.2) is 0 Å². The van der Waals surface area contributed by atoms with Crippen molar-refractivity contribution in [2.75, 3.05) is 0 Å². The van der Waals surface area contributed by atoms with Crippen LogP contribution in [-0.4, -0.2) is 22.6 Å². The van der Waals surface area contributed by atoms with E-state index in [1.807, 2.05) is 6.92 Å². The lowest BCUT2D eigenvalue weighted by Crippen LogP contribution is -2.13. The SMILES string of the molecule is CCC(C)SC1CC(C)OC1=O. The number of carbonyl (C=O) groups is 1. The van der Waals surface area contributed by atoms with E-state index in [1.165, 1.54) is 0 Å². The molecule has 1 fully saturated rings. The van der Waals surface area contributed by atoms with Gasteiger partial charge in [0.15, 0.2) is 0 Å². The summed E-state index contributed by atoms with van der Waals surface area (Å²) >= 11 is 1.74. The summed E-state index contributed by atoms with van der Waals surface area (Å²) in [5.41, 5.74) is 0. The molecule has 0 N–H and O–H groups in total. The predicted octanol–water partition coefficient (Wildman–Crippen LogP) is 2.22. The molecular weight excluding hydrogens is 172 g/mol. The monoisotopic (exact) mass is 188 g/mol. The number of thioether (sulfide) groups is 1. The Kier molecular flexibility index (Phi) is 3.44. The number of rotatable bonds is 3. The molecule has 1 saturated heterocycles. The maximum atomic E-state index is 11.2. The highest BCUT2D eigenvalue weighted by molar-refractivity contribution is 8.01. The van der Waals surface area contributed by atoms with Gasteiger partial charge >= 0.3 is 5.97 Å². The Morgan fingerprint density at radius 3 is 2.83 bits per heavy atom. The van der Waals surface area contributed by atoms with Gasteiger partial charge in [0.05, 0.1) is 0 Å². The van der Waals surface area contributed by atoms with Gasteiger partial charge in [0, 0.05) is 11.7 Å². The largest absolute Gasteiger partial charge is 0.462 e. The Balaban J connectivity index is 2.37. The van der Waals surface area contributed by atoms with Gasteiger partial charge in [-0.05, 0) is 13.3 Å². The van der Waals surface area contributed by atoms with E-state index < -0.39 is 0 Å². The summed E-state index contributed by atoms with van der Waals surface area (Å²) in [6.45, 7) is 6.25. The zero-order valence-electron chi connectivity index (χ0n) is 7.87. The summed E-state index contributed by atoms with van der Waals surface area (Å²) in [5.74, 6) is -0.0206. The summed E-state index contributed by atoms with van der Waals surface area (Å²) < 4.78 is 5.06. The van der Waals surface area contributed by atoms with E-state index in [9.17, 15) is 4.79 Å². The van der Waals surface area contributed by atoms with Crippen molar-refractivity contribution < 1.29 is 9.53 Å². The number of hydrogen-bond acceptors (Lipinski definition) is 3. The van der Waals surface area contributed by atoms with Crippen molar-refractivity contribution in [3.05, 3.63) is 0 Å². The molecule has 3 heteroatoms. The van der Waals surface area contributed by atoms with E-state index in [1.54, 1.807) is 11.8 Å². The molecule has 0 spiro atoms. The highest BCUT2D eigenvalue weighted by atomic mass is 32.2. The molecule has 0 aromatic heterocycles. The summed E-state index contributed by atoms with van der Waals surface area (Å²) in [6.07, 6.45) is 2.12. The van der Waals surface area contributed by atoms with Crippen molar-refractivity contribution in [3.63, 3.8) is 0 Å². The third kappa shape index (κ3) is 2.41. The quantitative estimate of drug-likeness (QED) is 0.635. The Morgan fingerprint density at radius 2 is 2.42 bits per heavy atom. The topological polar surface area (TPSA) is 26.3 Å². The first-order valence-corrected chi connectivity index (χ1v) is 5.43. The molecule has 12 heavy (non-hydrogen) atoms. The van der Waals surface area contributed by atoms with Gasteiger partial charge in [-0.3, -0.25) is 4.79 Å².